The molecule has 0 aliphatic rings. The lowest BCUT2D eigenvalue weighted by Gasteiger charge is -2.06. The first kappa shape index (κ1) is 14.6. The second kappa shape index (κ2) is 6.07. The Labute approximate surface area is 117 Å². The van der Waals surface area contributed by atoms with Crippen LogP contribution < -0.4 is 10.0 Å². The zero-order valence-electron chi connectivity index (χ0n) is 11.2. The van der Waals surface area contributed by atoms with Gasteiger partial charge in [-0.05, 0) is 18.7 Å². The molecule has 0 unspecified atom stereocenters. The number of aryl methyl sites for hydroxylation is 1. The summed E-state index contributed by atoms with van der Waals surface area (Å²) in [6, 6.07) is 3.20. The summed E-state index contributed by atoms with van der Waals surface area (Å²) in [5, 5.41) is 10.4. The highest BCUT2D eigenvalue weighted by atomic mass is 32.2. The van der Waals surface area contributed by atoms with E-state index in [2.05, 4.69) is 25.2 Å². The van der Waals surface area contributed by atoms with E-state index in [1.165, 1.54) is 18.6 Å². The average molecular weight is 296 g/mol. The van der Waals surface area contributed by atoms with E-state index in [0.29, 0.717) is 12.4 Å². The molecule has 8 nitrogen and oxygen atoms in total. The molecule has 2 rings (SSSR count). The molecule has 0 aliphatic heterocycles. The van der Waals surface area contributed by atoms with Gasteiger partial charge in [-0.15, -0.1) is 10.2 Å². The van der Waals surface area contributed by atoms with Crippen LogP contribution in [0.5, 0.6) is 0 Å². The molecule has 0 saturated heterocycles. The lowest BCUT2D eigenvalue weighted by molar-refractivity contribution is 0.573. The van der Waals surface area contributed by atoms with Crippen molar-refractivity contribution in [2.24, 2.45) is 7.05 Å². The van der Waals surface area contributed by atoms with Crippen LogP contribution in [0.25, 0.3) is 0 Å². The van der Waals surface area contributed by atoms with Gasteiger partial charge < -0.3 is 9.88 Å². The number of rotatable bonds is 6. The third-order valence-corrected chi connectivity index (χ3v) is 4.00. The molecule has 2 aromatic heterocycles. The van der Waals surface area contributed by atoms with Gasteiger partial charge in [0.15, 0.2) is 5.03 Å². The molecule has 2 N–H and O–H groups in total. The third-order valence-electron chi connectivity index (χ3n) is 2.68. The summed E-state index contributed by atoms with van der Waals surface area (Å²) >= 11 is 0. The minimum absolute atomic E-state index is 0.0143. The van der Waals surface area contributed by atoms with Gasteiger partial charge in [-0.3, -0.25) is 0 Å². The first-order valence-electron chi connectivity index (χ1n) is 5.95. The first-order valence-corrected chi connectivity index (χ1v) is 7.43. The Kier molecular flexibility index (Phi) is 4.42. The Morgan fingerprint density at radius 1 is 1.30 bits per heavy atom. The Bertz CT molecular complexity index is 664. The summed E-state index contributed by atoms with van der Waals surface area (Å²) in [5.41, 5.74) is 0.916. The summed E-state index contributed by atoms with van der Waals surface area (Å²) in [5.74, 6) is 0.528. The number of pyridine rings is 1. The van der Waals surface area contributed by atoms with E-state index in [0.717, 1.165) is 5.56 Å². The molecule has 2 aromatic rings. The van der Waals surface area contributed by atoms with E-state index in [1.807, 2.05) is 7.05 Å². The molecule has 0 spiro atoms. The molecule has 0 radical (unpaired) electrons. The average Bonchev–Trinajstić information content (AvgIpc) is 2.83. The molecule has 0 atom stereocenters. The van der Waals surface area contributed by atoms with Gasteiger partial charge in [0.1, 0.15) is 12.2 Å². The van der Waals surface area contributed by atoms with Crippen LogP contribution in [0.1, 0.15) is 11.4 Å². The van der Waals surface area contributed by atoms with Crippen molar-refractivity contribution in [2.45, 2.75) is 18.1 Å². The maximum absolute atomic E-state index is 12.1. The highest BCUT2D eigenvalue weighted by Crippen LogP contribution is 2.07. The molecule has 20 heavy (non-hydrogen) atoms. The van der Waals surface area contributed by atoms with E-state index >= 15 is 0 Å². The van der Waals surface area contributed by atoms with Crippen LogP contribution in [-0.4, -0.2) is 35.2 Å². The van der Waals surface area contributed by atoms with E-state index in [9.17, 15) is 8.42 Å². The maximum atomic E-state index is 12.1. The van der Waals surface area contributed by atoms with Crippen molar-refractivity contribution >= 4 is 10.0 Å². The molecule has 0 amide bonds. The molecular formula is C11H16N6O2S. The molecule has 108 valence electrons. The third kappa shape index (κ3) is 3.38. The van der Waals surface area contributed by atoms with Crippen LogP contribution in [0.15, 0.2) is 29.7 Å². The highest BCUT2D eigenvalue weighted by molar-refractivity contribution is 7.89. The minimum Gasteiger partial charge on any atom is -0.320 e. The fraction of sp³-hybridized carbons (Fsp3) is 0.364. The van der Waals surface area contributed by atoms with Crippen molar-refractivity contribution in [3.05, 3.63) is 36.0 Å². The Morgan fingerprint density at radius 3 is 2.65 bits per heavy atom. The first-order chi connectivity index (χ1) is 9.53. The number of hydrogen-bond acceptors (Lipinski definition) is 6. The monoisotopic (exact) mass is 296 g/mol. The second-order valence-electron chi connectivity index (χ2n) is 4.22. The fourth-order valence-corrected chi connectivity index (χ4v) is 2.48. The highest BCUT2D eigenvalue weighted by Gasteiger charge is 2.16. The van der Waals surface area contributed by atoms with Crippen molar-refractivity contribution in [2.75, 3.05) is 7.05 Å². The summed E-state index contributed by atoms with van der Waals surface area (Å²) < 4.78 is 28.2. The standard InChI is InChI=1S/C11H16N6O2S/c1-12-5-9-3-4-11(13-6-9)20(18,19)15-7-10-16-14-8-17(10)2/h3-4,6,8,12,15H,5,7H2,1-2H3. The molecule has 9 heteroatoms. The van der Waals surface area contributed by atoms with Gasteiger partial charge in [0.25, 0.3) is 10.0 Å². The Morgan fingerprint density at radius 2 is 2.10 bits per heavy atom. The van der Waals surface area contributed by atoms with E-state index in [4.69, 9.17) is 0 Å². The van der Waals surface area contributed by atoms with Crippen molar-refractivity contribution < 1.29 is 8.42 Å². The van der Waals surface area contributed by atoms with Crippen molar-refractivity contribution in [3.63, 3.8) is 0 Å². The molecule has 2 heterocycles. The van der Waals surface area contributed by atoms with Gasteiger partial charge in [0.05, 0.1) is 6.54 Å². The van der Waals surface area contributed by atoms with Crippen LogP contribution in [-0.2, 0) is 30.2 Å². The molecule has 0 aliphatic carbocycles. The van der Waals surface area contributed by atoms with Gasteiger partial charge in [0.2, 0.25) is 0 Å². The Balaban J connectivity index is 2.08. The van der Waals surface area contributed by atoms with Gasteiger partial charge in [-0.25, -0.2) is 18.1 Å². The number of nitrogens with one attached hydrogen (secondary N) is 2. The van der Waals surface area contributed by atoms with Crippen LogP contribution in [0.4, 0.5) is 0 Å². The smallest absolute Gasteiger partial charge is 0.258 e. The molecule has 0 saturated carbocycles. The van der Waals surface area contributed by atoms with E-state index in [1.54, 1.807) is 17.7 Å². The topological polar surface area (TPSA) is 102 Å². The number of nitrogens with zero attached hydrogens (tertiary/aromatic N) is 4. The summed E-state index contributed by atoms with van der Waals surface area (Å²) in [6.07, 6.45) is 3.04. The summed E-state index contributed by atoms with van der Waals surface area (Å²) in [7, 11) is -0.0904. The largest absolute Gasteiger partial charge is 0.320 e. The molecule has 0 bridgehead atoms. The van der Waals surface area contributed by atoms with Crippen LogP contribution in [0.3, 0.4) is 0 Å². The zero-order valence-corrected chi connectivity index (χ0v) is 12.1. The van der Waals surface area contributed by atoms with Crippen molar-refractivity contribution in [3.8, 4) is 0 Å². The van der Waals surface area contributed by atoms with E-state index in [-0.39, 0.29) is 11.6 Å². The van der Waals surface area contributed by atoms with E-state index < -0.39 is 10.0 Å². The van der Waals surface area contributed by atoms with Gasteiger partial charge >= 0.3 is 0 Å². The second-order valence-corrected chi connectivity index (χ2v) is 5.93. The SMILES string of the molecule is CNCc1ccc(S(=O)(=O)NCc2nncn2C)nc1. The predicted molar refractivity (Wildman–Crippen MR) is 72.0 cm³/mol. The number of hydrogen-bond donors (Lipinski definition) is 2. The Hall–Kier alpha value is -1.84. The molecule has 0 aromatic carbocycles. The van der Waals surface area contributed by atoms with Gasteiger partial charge in [-0.1, -0.05) is 6.07 Å². The van der Waals surface area contributed by atoms with Crippen molar-refractivity contribution in [1.82, 2.24) is 29.8 Å². The zero-order chi connectivity index (χ0) is 14.6. The van der Waals surface area contributed by atoms with Gasteiger partial charge in [0, 0.05) is 19.8 Å². The lowest BCUT2D eigenvalue weighted by atomic mass is 10.3. The maximum Gasteiger partial charge on any atom is 0.258 e. The fourth-order valence-electron chi connectivity index (χ4n) is 1.58. The predicted octanol–water partition coefficient (Wildman–Crippen LogP) is -0.592. The molecule has 0 fully saturated rings. The summed E-state index contributed by atoms with van der Waals surface area (Å²) in [6.45, 7) is 0.707. The quantitative estimate of drug-likeness (QED) is 0.738. The molecular weight excluding hydrogens is 280 g/mol. The van der Waals surface area contributed by atoms with Crippen LogP contribution >= 0.6 is 0 Å². The minimum atomic E-state index is -3.65. The van der Waals surface area contributed by atoms with Crippen molar-refractivity contribution in [1.29, 1.82) is 0 Å². The van der Waals surface area contributed by atoms with Crippen LogP contribution in [0.2, 0.25) is 0 Å². The summed E-state index contributed by atoms with van der Waals surface area (Å²) in [4.78, 5) is 3.96. The number of sulfonamides is 1. The van der Waals surface area contributed by atoms with Crippen LogP contribution in [0, 0.1) is 0 Å². The normalized spacial score (nSPS) is 11.7. The number of aromatic nitrogens is 4. The van der Waals surface area contributed by atoms with Gasteiger partial charge in [-0.2, -0.15) is 0 Å². The lowest BCUT2D eigenvalue weighted by Crippen LogP contribution is -2.25.